The Morgan fingerprint density at radius 3 is 2.67 bits per heavy atom. The number of thioether (sulfide) groups is 1. The second-order valence-electron chi connectivity index (χ2n) is 5.58. The van der Waals surface area contributed by atoms with Crippen molar-refractivity contribution < 1.29 is 28.3 Å². The third kappa shape index (κ3) is 5.40. The standard InChI is InChI=1S/C18H22N2O6S/c1-3-24-17(22)15-12(11-6-4-5-7-14(11)26-15)10-25-16(21)13(8-9-27-2)20-18(19)23/h4-7,13H,3,8-10H2,1-2H3,(H3,19,20,23)/t13-/m0/s1. The zero-order chi connectivity index (χ0) is 19.8. The fourth-order valence-electron chi connectivity index (χ4n) is 2.50. The molecule has 9 heteroatoms. The molecule has 8 nitrogen and oxygen atoms in total. The van der Waals surface area contributed by atoms with Crippen LogP contribution in [0.3, 0.4) is 0 Å². The van der Waals surface area contributed by atoms with Crippen LogP contribution in [0.4, 0.5) is 4.79 Å². The normalized spacial score (nSPS) is 11.8. The van der Waals surface area contributed by atoms with Crippen molar-refractivity contribution >= 4 is 40.7 Å². The van der Waals surface area contributed by atoms with Gasteiger partial charge in [0.2, 0.25) is 5.76 Å². The third-order valence-electron chi connectivity index (χ3n) is 3.73. The van der Waals surface area contributed by atoms with E-state index in [0.717, 1.165) is 0 Å². The first-order valence-electron chi connectivity index (χ1n) is 8.37. The monoisotopic (exact) mass is 394 g/mol. The molecule has 1 heterocycles. The molecule has 1 atom stereocenters. The lowest BCUT2D eigenvalue weighted by molar-refractivity contribution is -0.147. The maximum absolute atomic E-state index is 12.4. The lowest BCUT2D eigenvalue weighted by Crippen LogP contribution is -2.44. The summed E-state index contributed by atoms with van der Waals surface area (Å²) in [6.45, 7) is 1.68. The zero-order valence-corrected chi connectivity index (χ0v) is 16.0. The molecular weight excluding hydrogens is 372 g/mol. The largest absolute Gasteiger partial charge is 0.460 e. The number of benzene rings is 1. The molecule has 1 aromatic carbocycles. The van der Waals surface area contributed by atoms with E-state index in [0.29, 0.717) is 28.7 Å². The summed E-state index contributed by atoms with van der Waals surface area (Å²) in [5, 5.41) is 3.03. The number of hydrogen-bond acceptors (Lipinski definition) is 7. The summed E-state index contributed by atoms with van der Waals surface area (Å²) in [5.41, 5.74) is 6.03. The second kappa shape index (κ2) is 9.86. The number of urea groups is 1. The molecule has 27 heavy (non-hydrogen) atoms. The van der Waals surface area contributed by atoms with Gasteiger partial charge in [0.25, 0.3) is 0 Å². The maximum atomic E-state index is 12.4. The summed E-state index contributed by atoms with van der Waals surface area (Å²) < 4.78 is 15.9. The van der Waals surface area contributed by atoms with Gasteiger partial charge in [0.15, 0.2) is 0 Å². The average molecular weight is 394 g/mol. The summed E-state index contributed by atoms with van der Waals surface area (Å²) in [5.74, 6) is -0.630. The van der Waals surface area contributed by atoms with E-state index in [1.54, 1.807) is 31.2 Å². The lowest BCUT2D eigenvalue weighted by Gasteiger charge is -2.16. The molecule has 0 spiro atoms. The molecule has 0 saturated carbocycles. The van der Waals surface area contributed by atoms with E-state index in [4.69, 9.17) is 19.6 Å². The number of ether oxygens (including phenoxy) is 2. The van der Waals surface area contributed by atoms with Crippen molar-refractivity contribution in [3.05, 3.63) is 35.6 Å². The SMILES string of the molecule is CCOC(=O)c1oc2ccccc2c1COC(=O)[C@H](CCSC)NC(N)=O. The Labute approximate surface area is 160 Å². The minimum Gasteiger partial charge on any atom is -0.460 e. The molecule has 0 bridgehead atoms. The van der Waals surface area contributed by atoms with Crippen molar-refractivity contribution in [2.24, 2.45) is 5.73 Å². The Morgan fingerprint density at radius 1 is 1.26 bits per heavy atom. The number of rotatable bonds is 9. The Bertz CT molecular complexity index is 819. The summed E-state index contributed by atoms with van der Waals surface area (Å²) in [7, 11) is 0. The van der Waals surface area contributed by atoms with Gasteiger partial charge in [-0.05, 0) is 31.4 Å². The van der Waals surface area contributed by atoms with E-state index in [1.165, 1.54) is 11.8 Å². The van der Waals surface area contributed by atoms with Gasteiger partial charge in [0, 0.05) is 5.39 Å². The van der Waals surface area contributed by atoms with Crippen LogP contribution in [0.2, 0.25) is 0 Å². The van der Waals surface area contributed by atoms with E-state index in [1.807, 2.05) is 6.26 Å². The molecular formula is C18H22N2O6S. The molecule has 1 aromatic heterocycles. The van der Waals surface area contributed by atoms with Crippen LogP contribution < -0.4 is 11.1 Å². The number of amides is 2. The topological polar surface area (TPSA) is 121 Å². The first-order chi connectivity index (χ1) is 13.0. The van der Waals surface area contributed by atoms with Crippen molar-refractivity contribution in [1.29, 1.82) is 0 Å². The van der Waals surface area contributed by atoms with E-state index >= 15 is 0 Å². The Kier molecular flexibility index (Phi) is 7.54. The van der Waals surface area contributed by atoms with E-state index in [9.17, 15) is 14.4 Å². The van der Waals surface area contributed by atoms with Crippen LogP contribution in [-0.2, 0) is 20.9 Å². The number of primary amides is 1. The number of furan rings is 1. The van der Waals surface area contributed by atoms with Crippen molar-refractivity contribution in [3.8, 4) is 0 Å². The molecule has 146 valence electrons. The summed E-state index contributed by atoms with van der Waals surface area (Å²) >= 11 is 1.53. The third-order valence-corrected chi connectivity index (χ3v) is 4.37. The Balaban J connectivity index is 2.21. The highest BCUT2D eigenvalue weighted by atomic mass is 32.2. The number of hydrogen-bond donors (Lipinski definition) is 2. The Morgan fingerprint density at radius 2 is 2.00 bits per heavy atom. The fourth-order valence-corrected chi connectivity index (χ4v) is 2.98. The number of para-hydroxylation sites is 1. The number of fused-ring (bicyclic) bond motifs is 1. The quantitative estimate of drug-likeness (QED) is 0.627. The molecule has 0 aliphatic carbocycles. The van der Waals surface area contributed by atoms with Crippen LogP contribution in [0, 0.1) is 0 Å². The second-order valence-corrected chi connectivity index (χ2v) is 6.56. The van der Waals surface area contributed by atoms with Gasteiger partial charge in [-0.25, -0.2) is 14.4 Å². The number of carbonyl (C=O) groups excluding carboxylic acids is 3. The molecule has 3 N–H and O–H groups in total. The highest BCUT2D eigenvalue weighted by molar-refractivity contribution is 7.98. The van der Waals surface area contributed by atoms with E-state index < -0.39 is 24.0 Å². The molecule has 2 aromatic rings. The van der Waals surface area contributed by atoms with Gasteiger partial charge < -0.3 is 24.9 Å². The van der Waals surface area contributed by atoms with Gasteiger partial charge in [-0.1, -0.05) is 18.2 Å². The van der Waals surface area contributed by atoms with Crippen molar-refractivity contribution in [2.45, 2.75) is 26.0 Å². The molecule has 0 fully saturated rings. The number of nitrogens with one attached hydrogen (secondary N) is 1. The number of nitrogens with two attached hydrogens (primary N) is 1. The molecule has 0 unspecified atom stereocenters. The predicted molar refractivity (Wildman–Crippen MR) is 101 cm³/mol. The van der Waals surface area contributed by atoms with Gasteiger partial charge in [0.1, 0.15) is 18.2 Å². The number of carbonyl (C=O) groups is 3. The van der Waals surface area contributed by atoms with Gasteiger partial charge in [0.05, 0.1) is 12.2 Å². The molecule has 2 rings (SSSR count). The summed E-state index contributed by atoms with van der Waals surface area (Å²) in [4.78, 5) is 35.7. The first kappa shape index (κ1) is 20.6. The first-order valence-corrected chi connectivity index (χ1v) is 9.76. The van der Waals surface area contributed by atoms with Crippen LogP contribution in [0.1, 0.15) is 29.5 Å². The van der Waals surface area contributed by atoms with Gasteiger partial charge in [-0.2, -0.15) is 11.8 Å². The van der Waals surface area contributed by atoms with Crippen LogP contribution >= 0.6 is 11.8 Å². The van der Waals surface area contributed by atoms with Crippen LogP contribution in [0.25, 0.3) is 11.0 Å². The average Bonchev–Trinajstić information content (AvgIpc) is 3.02. The van der Waals surface area contributed by atoms with E-state index in [2.05, 4.69) is 5.32 Å². The van der Waals surface area contributed by atoms with E-state index in [-0.39, 0.29) is 19.0 Å². The minimum absolute atomic E-state index is 0.00521. The van der Waals surface area contributed by atoms with Gasteiger partial charge in [-0.3, -0.25) is 0 Å². The molecule has 0 aliphatic rings. The van der Waals surface area contributed by atoms with Crippen LogP contribution in [0.5, 0.6) is 0 Å². The maximum Gasteiger partial charge on any atom is 0.374 e. The molecule has 0 aliphatic heterocycles. The van der Waals surface area contributed by atoms with Gasteiger partial charge >= 0.3 is 18.0 Å². The predicted octanol–water partition coefficient (Wildman–Crippen LogP) is 2.44. The highest BCUT2D eigenvalue weighted by Crippen LogP contribution is 2.27. The zero-order valence-electron chi connectivity index (χ0n) is 15.2. The van der Waals surface area contributed by atoms with Crippen LogP contribution in [0.15, 0.2) is 28.7 Å². The lowest BCUT2D eigenvalue weighted by atomic mass is 10.1. The Hall–Kier alpha value is -2.68. The smallest absolute Gasteiger partial charge is 0.374 e. The number of esters is 2. The summed E-state index contributed by atoms with van der Waals surface area (Å²) in [6, 6.07) is 5.36. The van der Waals surface area contributed by atoms with Crippen molar-refractivity contribution in [3.63, 3.8) is 0 Å². The van der Waals surface area contributed by atoms with Crippen molar-refractivity contribution in [1.82, 2.24) is 5.32 Å². The fraction of sp³-hybridized carbons (Fsp3) is 0.389. The van der Waals surface area contributed by atoms with Gasteiger partial charge in [-0.15, -0.1) is 0 Å². The molecule has 2 amide bonds. The minimum atomic E-state index is -0.862. The molecule has 0 saturated heterocycles. The van der Waals surface area contributed by atoms with Crippen molar-refractivity contribution in [2.75, 3.05) is 18.6 Å². The molecule has 0 radical (unpaired) electrons. The highest BCUT2D eigenvalue weighted by Gasteiger charge is 2.25. The summed E-state index contributed by atoms with van der Waals surface area (Å²) in [6.07, 6.45) is 2.26. The van der Waals surface area contributed by atoms with Crippen LogP contribution in [-0.4, -0.2) is 42.6 Å².